The van der Waals surface area contributed by atoms with Gasteiger partial charge in [-0.2, -0.15) is 26.3 Å². The van der Waals surface area contributed by atoms with Crippen LogP contribution in [0.5, 0.6) is 0 Å². The lowest BCUT2D eigenvalue weighted by molar-refractivity contribution is 0.663. The third kappa shape index (κ3) is 3.07. The smallest absolute Gasteiger partial charge is 0.0969 e. The molecule has 1 aromatic carbocycles. The lowest BCUT2D eigenvalue weighted by atomic mass is 10.3. The molecule has 0 saturated heterocycles. The number of nitrogens with one attached hydrogen (secondary N) is 1. The highest BCUT2D eigenvalue weighted by molar-refractivity contribution is 7.07. The normalized spacial score (nSPS) is 10.7. The minimum Gasteiger partial charge on any atom is -0.307 e. The SMILES string of the molecule is c1ccc(-n2ncc(CNCc3ccsc3)n2)cc1. The second-order valence-electron chi connectivity index (χ2n) is 4.20. The molecule has 96 valence electrons. The summed E-state index contributed by atoms with van der Waals surface area (Å²) in [6.07, 6.45) is 1.80. The van der Waals surface area contributed by atoms with Crippen molar-refractivity contribution in [2.75, 3.05) is 0 Å². The summed E-state index contributed by atoms with van der Waals surface area (Å²) in [5.74, 6) is 0. The van der Waals surface area contributed by atoms with Gasteiger partial charge in [0.05, 0.1) is 17.6 Å². The number of nitrogens with zero attached hydrogens (tertiary/aromatic N) is 3. The van der Waals surface area contributed by atoms with Gasteiger partial charge in [-0.3, -0.25) is 0 Å². The minimum atomic E-state index is 0.725. The summed E-state index contributed by atoms with van der Waals surface area (Å²) < 4.78 is 0. The van der Waals surface area contributed by atoms with Crippen molar-refractivity contribution in [2.24, 2.45) is 0 Å². The van der Waals surface area contributed by atoms with Crippen LogP contribution in [-0.2, 0) is 13.1 Å². The first-order valence-electron chi connectivity index (χ1n) is 6.10. The van der Waals surface area contributed by atoms with Crippen molar-refractivity contribution in [3.05, 3.63) is 64.6 Å². The fourth-order valence-electron chi connectivity index (χ4n) is 1.79. The Morgan fingerprint density at radius 2 is 2.00 bits per heavy atom. The topological polar surface area (TPSA) is 42.7 Å². The number of thiophene rings is 1. The predicted molar refractivity (Wildman–Crippen MR) is 76.2 cm³/mol. The van der Waals surface area contributed by atoms with Gasteiger partial charge in [-0.05, 0) is 34.5 Å². The molecule has 0 bridgehead atoms. The molecule has 0 amide bonds. The Labute approximate surface area is 115 Å². The number of aromatic nitrogens is 3. The molecule has 2 heterocycles. The van der Waals surface area contributed by atoms with Crippen LogP contribution in [0.3, 0.4) is 0 Å². The summed E-state index contributed by atoms with van der Waals surface area (Å²) in [6.45, 7) is 1.59. The zero-order valence-corrected chi connectivity index (χ0v) is 11.2. The summed E-state index contributed by atoms with van der Waals surface area (Å²) in [6, 6.07) is 12.0. The number of rotatable bonds is 5. The Kier molecular flexibility index (Phi) is 3.67. The maximum atomic E-state index is 4.44. The van der Waals surface area contributed by atoms with Gasteiger partial charge in [0.2, 0.25) is 0 Å². The van der Waals surface area contributed by atoms with E-state index in [0.29, 0.717) is 0 Å². The maximum absolute atomic E-state index is 4.44. The van der Waals surface area contributed by atoms with E-state index < -0.39 is 0 Å². The van der Waals surface area contributed by atoms with Crippen LogP contribution in [0.1, 0.15) is 11.3 Å². The van der Waals surface area contributed by atoms with Gasteiger partial charge in [0.15, 0.2) is 0 Å². The molecule has 3 aromatic rings. The van der Waals surface area contributed by atoms with Gasteiger partial charge in [-0.25, -0.2) is 0 Å². The Morgan fingerprint density at radius 3 is 2.79 bits per heavy atom. The van der Waals surface area contributed by atoms with Crippen molar-refractivity contribution in [3.63, 3.8) is 0 Å². The summed E-state index contributed by atoms with van der Waals surface area (Å²) in [5, 5.41) is 16.3. The van der Waals surface area contributed by atoms with E-state index in [1.807, 2.05) is 30.3 Å². The van der Waals surface area contributed by atoms with Gasteiger partial charge in [0.1, 0.15) is 0 Å². The van der Waals surface area contributed by atoms with Crippen LogP contribution < -0.4 is 5.32 Å². The molecule has 0 aliphatic heterocycles. The molecule has 2 aromatic heterocycles. The van der Waals surface area contributed by atoms with Crippen LogP contribution in [0.2, 0.25) is 0 Å². The van der Waals surface area contributed by atoms with Crippen molar-refractivity contribution < 1.29 is 0 Å². The molecule has 19 heavy (non-hydrogen) atoms. The first-order valence-corrected chi connectivity index (χ1v) is 7.04. The lowest BCUT2D eigenvalue weighted by Crippen LogP contribution is -2.12. The van der Waals surface area contributed by atoms with E-state index in [-0.39, 0.29) is 0 Å². The highest BCUT2D eigenvalue weighted by Crippen LogP contribution is 2.06. The quantitative estimate of drug-likeness (QED) is 0.775. The van der Waals surface area contributed by atoms with Gasteiger partial charge in [0, 0.05) is 13.1 Å². The van der Waals surface area contributed by atoms with Crippen LogP contribution in [0.15, 0.2) is 53.4 Å². The van der Waals surface area contributed by atoms with Crippen molar-refractivity contribution in [2.45, 2.75) is 13.1 Å². The third-order valence-corrected chi connectivity index (χ3v) is 3.47. The van der Waals surface area contributed by atoms with Gasteiger partial charge < -0.3 is 5.32 Å². The van der Waals surface area contributed by atoms with E-state index in [1.165, 1.54) is 5.56 Å². The second kappa shape index (κ2) is 5.77. The Bertz CT molecular complexity index is 616. The van der Waals surface area contributed by atoms with Crippen LogP contribution in [0, 0.1) is 0 Å². The van der Waals surface area contributed by atoms with Gasteiger partial charge >= 0.3 is 0 Å². The highest BCUT2D eigenvalue weighted by Gasteiger charge is 2.02. The molecular weight excluding hydrogens is 256 g/mol. The Morgan fingerprint density at radius 1 is 1.11 bits per heavy atom. The van der Waals surface area contributed by atoms with Gasteiger partial charge in [-0.1, -0.05) is 18.2 Å². The second-order valence-corrected chi connectivity index (χ2v) is 4.98. The zero-order chi connectivity index (χ0) is 12.9. The van der Waals surface area contributed by atoms with Crippen molar-refractivity contribution in [3.8, 4) is 5.69 Å². The van der Waals surface area contributed by atoms with E-state index in [0.717, 1.165) is 24.5 Å². The zero-order valence-electron chi connectivity index (χ0n) is 10.4. The average Bonchev–Trinajstić information content (AvgIpc) is 3.11. The molecule has 0 aliphatic carbocycles. The number of hydrogen-bond donors (Lipinski definition) is 1. The third-order valence-electron chi connectivity index (χ3n) is 2.74. The van der Waals surface area contributed by atoms with Gasteiger partial charge in [0.25, 0.3) is 0 Å². The molecule has 1 N–H and O–H groups in total. The number of para-hydroxylation sites is 1. The highest BCUT2D eigenvalue weighted by atomic mass is 32.1. The first-order chi connectivity index (χ1) is 9.42. The molecule has 4 nitrogen and oxygen atoms in total. The first kappa shape index (κ1) is 12.1. The van der Waals surface area contributed by atoms with Crippen molar-refractivity contribution in [1.29, 1.82) is 0 Å². The minimum absolute atomic E-state index is 0.725. The Hall–Kier alpha value is -1.98. The molecule has 0 radical (unpaired) electrons. The largest absolute Gasteiger partial charge is 0.307 e. The molecule has 0 unspecified atom stereocenters. The van der Waals surface area contributed by atoms with Crippen LogP contribution in [-0.4, -0.2) is 15.0 Å². The summed E-state index contributed by atoms with van der Waals surface area (Å²) >= 11 is 1.72. The van der Waals surface area contributed by atoms with Crippen LogP contribution >= 0.6 is 11.3 Å². The van der Waals surface area contributed by atoms with Crippen molar-refractivity contribution >= 4 is 11.3 Å². The van der Waals surface area contributed by atoms with Crippen LogP contribution in [0.4, 0.5) is 0 Å². The van der Waals surface area contributed by atoms with Crippen LogP contribution in [0.25, 0.3) is 5.69 Å². The number of benzene rings is 1. The molecular formula is C14H14N4S. The fourth-order valence-corrected chi connectivity index (χ4v) is 2.46. The molecule has 0 saturated carbocycles. The Balaban J connectivity index is 1.59. The molecule has 3 rings (SSSR count). The van der Waals surface area contributed by atoms with E-state index in [4.69, 9.17) is 0 Å². The van der Waals surface area contributed by atoms with Crippen molar-refractivity contribution in [1.82, 2.24) is 20.3 Å². The van der Waals surface area contributed by atoms with E-state index in [9.17, 15) is 0 Å². The molecule has 0 fully saturated rings. The summed E-state index contributed by atoms with van der Waals surface area (Å²) in [5.41, 5.74) is 3.23. The predicted octanol–water partition coefficient (Wildman–Crippen LogP) is 2.62. The van der Waals surface area contributed by atoms with E-state index in [1.54, 1.807) is 22.3 Å². The maximum Gasteiger partial charge on any atom is 0.0969 e. The van der Waals surface area contributed by atoms with E-state index >= 15 is 0 Å². The lowest BCUT2D eigenvalue weighted by Gasteiger charge is -2.00. The monoisotopic (exact) mass is 270 g/mol. The average molecular weight is 270 g/mol. The van der Waals surface area contributed by atoms with E-state index in [2.05, 4.69) is 32.3 Å². The number of hydrogen-bond acceptors (Lipinski definition) is 4. The van der Waals surface area contributed by atoms with Gasteiger partial charge in [-0.15, -0.1) is 0 Å². The fraction of sp³-hybridized carbons (Fsp3) is 0.143. The molecule has 0 aliphatic rings. The molecule has 0 atom stereocenters. The molecule has 5 heteroatoms. The molecule has 0 spiro atoms. The summed E-state index contributed by atoms with van der Waals surface area (Å²) in [7, 11) is 0. The summed E-state index contributed by atoms with van der Waals surface area (Å²) in [4.78, 5) is 1.65. The standard InChI is InChI=1S/C14H14N4S/c1-2-4-14(5-3-1)18-16-10-13(17-18)9-15-8-12-6-7-19-11-12/h1-7,10-11,15H,8-9H2.